The monoisotopic (exact) mass is 1310 g/mol. The second kappa shape index (κ2) is 36.2. The highest BCUT2D eigenvalue weighted by Crippen LogP contribution is 2.40. The molecule has 4 aliphatic carbocycles. The Morgan fingerprint density at radius 1 is 0.558 bits per heavy atom. The quantitative estimate of drug-likeness (QED) is 0.0177. The van der Waals surface area contributed by atoms with Crippen molar-refractivity contribution < 1.29 is 45.0 Å². The molecule has 0 bridgehead atoms. The van der Waals surface area contributed by atoms with Crippen molar-refractivity contribution in [2.45, 2.75) is 145 Å². The van der Waals surface area contributed by atoms with Gasteiger partial charge in [0.15, 0.2) is 17.2 Å². The fourth-order valence-corrected chi connectivity index (χ4v) is 10.4. The lowest BCUT2D eigenvalue weighted by molar-refractivity contribution is -0.120. The van der Waals surface area contributed by atoms with Crippen LogP contribution in [0.3, 0.4) is 0 Å². The molecule has 0 atom stereocenters. The van der Waals surface area contributed by atoms with Gasteiger partial charge in [-0.3, -0.25) is 14.4 Å². The van der Waals surface area contributed by atoms with Gasteiger partial charge in [-0.2, -0.15) is 4.98 Å². The largest absolute Gasteiger partial charge is 0.478 e. The highest BCUT2D eigenvalue weighted by Gasteiger charge is 2.33. The highest BCUT2D eigenvalue weighted by atomic mass is 127. The van der Waals surface area contributed by atoms with Gasteiger partial charge in [-0.25, -0.2) is 20.4 Å². The third kappa shape index (κ3) is 22.2. The minimum absolute atomic E-state index is 0. The second-order valence-electron chi connectivity index (χ2n) is 20.9. The van der Waals surface area contributed by atoms with Crippen LogP contribution in [0.5, 0.6) is 0 Å². The van der Waals surface area contributed by atoms with E-state index in [-0.39, 0.29) is 34.9 Å². The summed E-state index contributed by atoms with van der Waals surface area (Å²) >= 11 is 2.21. The number of nitrogens with one attached hydrogen (secondary N) is 2. The summed E-state index contributed by atoms with van der Waals surface area (Å²) in [5.74, 6) is 3.83. The molecule has 0 radical (unpaired) electrons. The number of nitrogens with two attached hydrogens (primary N) is 2. The van der Waals surface area contributed by atoms with E-state index in [9.17, 15) is 34.5 Å². The minimum Gasteiger partial charge on any atom is -0.478 e. The molecule has 0 unspecified atom stereocenters. The summed E-state index contributed by atoms with van der Waals surface area (Å²) in [6, 6.07) is 35.3. The fraction of sp³-hybridized carbons (Fsp3) is 0.359. The SMILES string of the molecule is Cl.N/C(=N\O)c1ccc(C2(O)CCCCC2)cc1.NO.O=C(O)c1ccc(=O)[nH]c1.O=C1CCCCC1.O=c1ccc(-c2nc(-c3ccc(C4(O)CCCCC4)cc3)no2)c[nH]1.[C-]#[N+]c1ccc(C2(O)CCCCC2)cc1.[C-]#[N+]c1ccc(I)cc1. The van der Waals surface area contributed by atoms with Crippen LogP contribution in [0, 0.1) is 16.7 Å². The number of halogens is 2. The van der Waals surface area contributed by atoms with E-state index >= 15 is 0 Å². The molecule has 0 spiro atoms. The average molecular weight is 1310 g/mol. The number of hydrogen-bond acceptors (Lipinski definition) is 14. The lowest BCUT2D eigenvalue weighted by Gasteiger charge is -2.32. The zero-order valence-corrected chi connectivity index (χ0v) is 50.7. The Bertz CT molecular complexity index is 3370. The first-order chi connectivity index (χ1) is 41.0. The van der Waals surface area contributed by atoms with Gasteiger partial charge in [0.2, 0.25) is 16.9 Å². The molecule has 0 saturated heterocycles. The number of nitrogens with zero attached hydrogens (tertiary/aromatic N) is 5. The van der Waals surface area contributed by atoms with Gasteiger partial charge in [-0.1, -0.05) is 172 Å². The number of hydrogen-bond donors (Lipinski definition) is 10. The van der Waals surface area contributed by atoms with Gasteiger partial charge in [-0.15, -0.1) is 12.4 Å². The molecule has 7 aromatic rings. The van der Waals surface area contributed by atoms with Crippen LogP contribution in [0.15, 0.2) is 153 Å². The zero-order chi connectivity index (χ0) is 61.7. The second-order valence-corrected chi connectivity index (χ2v) is 22.1. The van der Waals surface area contributed by atoms with E-state index in [0.717, 1.165) is 131 Å². The van der Waals surface area contributed by atoms with Gasteiger partial charge in [0, 0.05) is 52.1 Å². The maximum Gasteiger partial charge on any atom is 0.337 e. The lowest BCUT2D eigenvalue weighted by Crippen LogP contribution is -2.28. The van der Waals surface area contributed by atoms with Crippen molar-refractivity contribution in [2.24, 2.45) is 16.8 Å². The molecule has 3 aromatic heterocycles. The molecule has 456 valence electrons. The number of oxime groups is 1. The van der Waals surface area contributed by atoms with Crippen LogP contribution >= 0.6 is 35.0 Å². The number of amidine groups is 1. The number of carboxylic acid groups (broad SMARTS) is 1. The normalized spacial score (nSPS) is 16.1. The maximum atomic E-state index is 11.1. The molecular formula is C64H75ClIN9O11. The van der Waals surface area contributed by atoms with Gasteiger partial charge in [0.25, 0.3) is 5.89 Å². The number of Topliss-reactive ketones (excluding diaryl/α,β-unsaturated/α-hetero) is 1. The number of carbonyl (C=O) groups is 2. The van der Waals surface area contributed by atoms with Crippen LogP contribution in [0.4, 0.5) is 11.4 Å². The summed E-state index contributed by atoms with van der Waals surface area (Å²) < 4.78 is 6.45. The Labute approximate surface area is 519 Å². The van der Waals surface area contributed by atoms with Crippen molar-refractivity contribution in [1.82, 2.24) is 20.1 Å². The molecule has 11 rings (SSSR count). The number of H-pyrrole nitrogens is 2. The van der Waals surface area contributed by atoms with E-state index in [4.69, 9.17) is 38.9 Å². The predicted octanol–water partition coefficient (Wildman–Crippen LogP) is 12.8. The Morgan fingerprint density at radius 3 is 1.31 bits per heavy atom. The van der Waals surface area contributed by atoms with Gasteiger partial charge in [0.05, 0.1) is 41.1 Å². The molecule has 22 heteroatoms. The summed E-state index contributed by atoms with van der Waals surface area (Å²) in [7, 11) is 0. The zero-order valence-electron chi connectivity index (χ0n) is 47.7. The summed E-state index contributed by atoms with van der Waals surface area (Å²) in [5.41, 5.74) is 9.37. The number of aromatic nitrogens is 4. The number of carbonyl (C=O) groups excluding carboxylic acids is 1. The predicted molar refractivity (Wildman–Crippen MR) is 339 cm³/mol. The van der Waals surface area contributed by atoms with Crippen LogP contribution in [0.1, 0.15) is 161 Å². The highest BCUT2D eigenvalue weighted by molar-refractivity contribution is 14.1. The van der Waals surface area contributed by atoms with Gasteiger partial charge in [0.1, 0.15) is 5.78 Å². The molecule has 0 aliphatic heterocycles. The topological polar surface area (TPSA) is 333 Å². The number of rotatable bonds is 7. The smallest absolute Gasteiger partial charge is 0.337 e. The van der Waals surface area contributed by atoms with Crippen molar-refractivity contribution >= 4 is 64.0 Å². The molecule has 4 aliphatic rings. The third-order valence-corrected chi connectivity index (χ3v) is 15.7. The van der Waals surface area contributed by atoms with E-state index in [2.05, 4.69) is 63.4 Å². The van der Waals surface area contributed by atoms with Crippen molar-refractivity contribution in [1.29, 1.82) is 0 Å². The van der Waals surface area contributed by atoms with E-state index in [0.29, 0.717) is 40.0 Å². The molecule has 3 heterocycles. The van der Waals surface area contributed by atoms with E-state index in [1.54, 1.807) is 36.5 Å². The maximum absolute atomic E-state index is 11.1. The van der Waals surface area contributed by atoms with Crippen LogP contribution in [-0.4, -0.2) is 68.5 Å². The molecule has 4 fully saturated rings. The van der Waals surface area contributed by atoms with E-state index < -0.39 is 22.8 Å². The molecule has 86 heavy (non-hydrogen) atoms. The summed E-state index contributed by atoms with van der Waals surface area (Å²) in [6.07, 6.45) is 23.0. The molecule has 4 aromatic carbocycles. The van der Waals surface area contributed by atoms with Gasteiger partial charge >= 0.3 is 5.97 Å². The van der Waals surface area contributed by atoms with Crippen molar-refractivity contribution in [3.8, 4) is 22.8 Å². The number of carboxylic acids is 1. The molecule has 4 saturated carbocycles. The average Bonchev–Trinajstić information content (AvgIpc) is 2.86. The molecule has 20 nitrogen and oxygen atoms in total. The Kier molecular flexibility index (Phi) is 29.7. The Hall–Kier alpha value is -7.87. The van der Waals surface area contributed by atoms with Crippen LogP contribution in [0.25, 0.3) is 32.5 Å². The Morgan fingerprint density at radius 2 is 0.942 bits per heavy atom. The summed E-state index contributed by atoms with van der Waals surface area (Å²) in [5, 5.41) is 62.1. The van der Waals surface area contributed by atoms with Gasteiger partial charge in [-0.05, 0) is 103 Å². The Balaban J connectivity index is 0.000000230. The standard InChI is InChI=1S/C19H19N3O3.C13H18N2O2.C13H15NO.C7H4IN.C6H5NO3.C6H10O.ClH.H3NO/c23-16-9-6-14(12-20-16)18-21-17(22-25-18)13-4-7-15(8-5-13)19(24)10-2-1-3-11-19;14-12(15-17)10-4-6-11(7-5-10)13(16)8-2-1-3-9-13;1-14-12-7-5-11(6-8-12)13(15)9-3-2-4-10-13;1-9-7-4-2-6(8)3-5-7;8-5-2-1-4(3-7-5)6(9)10;7-6-4-2-1-3-5-6;;1-2/h4-9,12,24H,1-3,10-11H2,(H,20,23);4-7,16-17H,1-3,8-9H2,(H2,14,15);5-8,15H,2-4,9-10H2;2-5H;1-3H,(H,7,8)(H,9,10);1-5H2;1H;2H,1H2. The number of aliphatic hydroxyl groups is 3. The third-order valence-electron chi connectivity index (χ3n) is 14.9. The first-order valence-electron chi connectivity index (χ1n) is 28.2. The van der Waals surface area contributed by atoms with Crippen LogP contribution in [-0.2, 0) is 21.6 Å². The lowest BCUT2D eigenvalue weighted by atomic mass is 9.79. The summed E-state index contributed by atoms with van der Waals surface area (Å²) in [6.45, 7) is 13.5. The molecular weight excluding hydrogens is 1230 g/mol. The number of aromatic carboxylic acids is 1. The molecule has 12 N–H and O–H groups in total. The van der Waals surface area contributed by atoms with E-state index in [1.807, 2.05) is 72.8 Å². The molecule has 0 amide bonds. The van der Waals surface area contributed by atoms with Crippen molar-refractivity contribution in [3.05, 3.63) is 209 Å². The number of pyridine rings is 2. The van der Waals surface area contributed by atoms with E-state index in [1.165, 1.54) is 47.5 Å². The number of aromatic amines is 2. The van der Waals surface area contributed by atoms with Crippen LogP contribution < -0.4 is 22.7 Å². The van der Waals surface area contributed by atoms with Crippen LogP contribution in [0.2, 0.25) is 0 Å². The van der Waals surface area contributed by atoms with Gasteiger partial charge < -0.3 is 51.1 Å². The first-order valence-corrected chi connectivity index (χ1v) is 29.2. The first kappa shape index (κ1) is 70.6. The number of ketones is 1. The minimum atomic E-state index is -1.05. The fourth-order valence-electron chi connectivity index (χ4n) is 10.1. The summed E-state index contributed by atoms with van der Waals surface area (Å²) in [4.78, 5) is 58.0. The van der Waals surface area contributed by atoms with Crippen molar-refractivity contribution in [2.75, 3.05) is 0 Å². The van der Waals surface area contributed by atoms with Crippen molar-refractivity contribution in [3.63, 3.8) is 0 Å². The number of benzene rings is 4.